The summed E-state index contributed by atoms with van der Waals surface area (Å²) < 4.78 is 24.3. The van der Waals surface area contributed by atoms with E-state index in [9.17, 15) is 9.18 Å². The zero-order valence-corrected chi connectivity index (χ0v) is 13.9. The second-order valence-corrected chi connectivity index (χ2v) is 5.18. The standard InChI is InChI=1S/C20H15FN2O3/c1-2-15(14-8-4-3-5-9-14)20(24)26-19-12-18(22-13-23-19)25-17-11-7-6-10-16(17)21/h2-13H,1H3. The maximum atomic E-state index is 13.7. The van der Waals surface area contributed by atoms with E-state index in [1.807, 2.05) is 30.3 Å². The summed E-state index contributed by atoms with van der Waals surface area (Å²) in [6, 6.07) is 16.4. The fourth-order valence-corrected chi connectivity index (χ4v) is 2.24. The van der Waals surface area contributed by atoms with Gasteiger partial charge in [-0.25, -0.2) is 19.2 Å². The summed E-state index contributed by atoms with van der Waals surface area (Å²) in [5.74, 6) is -0.998. The number of ether oxygens (including phenoxy) is 2. The van der Waals surface area contributed by atoms with Crippen LogP contribution in [0, 0.1) is 5.82 Å². The predicted molar refractivity (Wildman–Crippen MR) is 94.2 cm³/mol. The van der Waals surface area contributed by atoms with Crippen molar-refractivity contribution in [1.29, 1.82) is 0 Å². The zero-order valence-electron chi connectivity index (χ0n) is 13.9. The lowest BCUT2D eigenvalue weighted by atomic mass is 10.1. The van der Waals surface area contributed by atoms with E-state index in [4.69, 9.17) is 9.47 Å². The van der Waals surface area contributed by atoms with Gasteiger partial charge in [-0.05, 0) is 24.6 Å². The first-order valence-corrected chi connectivity index (χ1v) is 7.85. The van der Waals surface area contributed by atoms with E-state index in [-0.39, 0.29) is 17.5 Å². The molecule has 0 unspecified atom stereocenters. The number of allylic oxidation sites excluding steroid dienone is 1. The van der Waals surface area contributed by atoms with Crippen molar-refractivity contribution >= 4 is 11.5 Å². The first-order valence-electron chi connectivity index (χ1n) is 7.85. The fourth-order valence-electron chi connectivity index (χ4n) is 2.24. The second-order valence-electron chi connectivity index (χ2n) is 5.18. The Morgan fingerprint density at radius 1 is 1.00 bits per heavy atom. The molecule has 0 N–H and O–H groups in total. The normalized spacial score (nSPS) is 11.1. The van der Waals surface area contributed by atoms with Gasteiger partial charge in [-0.15, -0.1) is 0 Å². The van der Waals surface area contributed by atoms with Crippen LogP contribution in [0.25, 0.3) is 5.57 Å². The van der Waals surface area contributed by atoms with Crippen molar-refractivity contribution < 1.29 is 18.7 Å². The lowest BCUT2D eigenvalue weighted by molar-refractivity contribution is -0.128. The SMILES string of the molecule is CC=C(C(=O)Oc1cc(Oc2ccccc2F)ncn1)c1ccccc1. The Morgan fingerprint density at radius 3 is 2.42 bits per heavy atom. The molecule has 0 spiro atoms. The second kappa shape index (κ2) is 8.02. The van der Waals surface area contributed by atoms with Crippen molar-refractivity contribution in [2.24, 2.45) is 0 Å². The van der Waals surface area contributed by atoms with E-state index < -0.39 is 11.8 Å². The number of halogens is 1. The molecule has 3 aromatic rings. The molecule has 6 heteroatoms. The minimum atomic E-state index is -0.561. The van der Waals surface area contributed by atoms with Crippen molar-refractivity contribution in [3.8, 4) is 17.5 Å². The van der Waals surface area contributed by atoms with Crippen molar-refractivity contribution in [2.75, 3.05) is 0 Å². The first-order chi connectivity index (χ1) is 12.7. The number of esters is 1. The molecule has 0 amide bonds. The van der Waals surface area contributed by atoms with Crippen LogP contribution >= 0.6 is 0 Å². The molecular weight excluding hydrogens is 335 g/mol. The van der Waals surface area contributed by atoms with Crippen LogP contribution in [-0.4, -0.2) is 15.9 Å². The van der Waals surface area contributed by atoms with Crippen molar-refractivity contribution in [2.45, 2.75) is 6.92 Å². The molecule has 0 bridgehead atoms. The van der Waals surface area contributed by atoms with Gasteiger partial charge in [0.25, 0.3) is 0 Å². The van der Waals surface area contributed by atoms with Gasteiger partial charge in [0.15, 0.2) is 11.6 Å². The van der Waals surface area contributed by atoms with Crippen molar-refractivity contribution in [3.63, 3.8) is 0 Å². The summed E-state index contributed by atoms with van der Waals surface area (Å²) >= 11 is 0. The van der Waals surface area contributed by atoms with Gasteiger partial charge in [0, 0.05) is 0 Å². The highest BCUT2D eigenvalue weighted by Crippen LogP contribution is 2.25. The van der Waals surface area contributed by atoms with E-state index in [2.05, 4.69) is 9.97 Å². The van der Waals surface area contributed by atoms with Crippen LogP contribution in [0.4, 0.5) is 4.39 Å². The lowest BCUT2D eigenvalue weighted by Crippen LogP contribution is -2.11. The fraction of sp³-hybridized carbons (Fsp3) is 0.0500. The summed E-state index contributed by atoms with van der Waals surface area (Å²) in [4.78, 5) is 20.2. The van der Waals surface area contributed by atoms with Crippen LogP contribution < -0.4 is 9.47 Å². The molecule has 130 valence electrons. The number of hydrogen-bond acceptors (Lipinski definition) is 5. The number of carbonyl (C=O) groups is 1. The molecule has 26 heavy (non-hydrogen) atoms. The van der Waals surface area contributed by atoms with Crippen molar-refractivity contribution in [3.05, 3.63) is 84.4 Å². The monoisotopic (exact) mass is 350 g/mol. The summed E-state index contributed by atoms with van der Waals surface area (Å²) in [6.45, 7) is 1.75. The van der Waals surface area contributed by atoms with Crippen LogP contribution in [0.2, 0.25) is 0 Å². The molecule has 0 aliphatic carbocycles. The molecule has 0 aliphatic heterocycles. The number of rotatable bonds is 5. The minimum Gasteiger partial charge on any atom is -0.436 e. The molecule has 3 rings (SSSR count). The van der Waals surface area contributed by atoms with Gasteiger partial charge in [0.1, 0.15) is 6.33 Å². The maximum absolute atomic E-state index is 13.7. The van der Waals surface area contributed by atoms with Gasteiger partial charge in [-0.2, -0.15) is 0 Å². The molecule has 0 aliphatic rings. The zero-order chi connectivity index (χ0) is 18.4. The van der Waals surface area contributed by atoms with Crippen LogP contribution in [0.1, 0.15) is 12.5 Å². The third kappa shape index (κ3) is 4.10. The number of para-hydroxylation sites is 1. The largest absolute Gasteiger partial charge is 0.436 e. The van der Waals surface area contributed by atoms with Gasteiger partial charge < -0.3 is 9.47 Å². The average Bonchev–Trinajstić information content (AvgIpc) is 2.65. The lowest BCUT2D eigenvalue weighted by Gasteiger charge is -2.09. The molecule has 0 saturated carbocycles. The summed E-state index contributed by atoms with van der Waals surface area (Å²) in [6.07, 6.45) is 2.84. The first kappa shape index (κ1) is 17.3. The van der Waals surface area contributed by atoms with E-state index >= 15 is 0 Å². The van der Waals surface area contributed by atoms with E-state index in [1.54, 1.807) is 25.1 Å². The Labute approximate surface area is 149 Å². The molecule has 1 heterocycles. The minimum absolute atomic E-state index is 0.00613. The van der Waals surface area contributed by atoms with Crippen LogP contribution in [0.15, 0.2) is 73.1 Å². The summed E-state index contributed by atoms with van der Waals surface area (Å²) in [7, 11) is 0. The third-order valence-electron chi connectivity index (χ3n) is 3.46. The maximum Gasteiger partial charge on any atom is 0.345 e. The number of carbonyl (C=O) groups excluding carboxylic acids is 1. The summed E-state index contributed by atoms with van der Waals surface area (Å²) in [5.41, 5.74) is 1.14. The van der Waals surface area contributed by atoms with E-state index in [0.29, 0.717) is 5.57 Å². The summed E-state index contributed by atoms with van der Waals surface area (Å²) in [5, 5.41) is 0. The van der Waals surface area contributed by atoms with Gasteiger partial charge in [0.2, 0.25) is 11.8 Å². The number of benzene rings is 2. The molecule has 1 aromatic heterocycles. The number of aromatic nitrogens is 2. The Balaban J connectivity index is 1.76. The van der Waals surface area contributed by atoms with Crippen LogP contribution in [0.3, 0.4) is 0 Å². The highest BCUT2D eigenvalue weighted by Gasteiger charge is 2.15. The Morgan fingerprint density at radius 2 is 1.69 bits per heavy atom. The van der Waals surface area contributed by atoms with Gasteiger partial charge in [0.05, 0.1) is 11.6 Å². The average molecular weight is 350 g/mol. The molecule has 2 aromatic carbocycles. The highest BCUT2D eigenvalue weighted by molar-refractivity contribution is 6.17. The molecule has 0 fully saturated rings. The topological polar surface area (TPSA) is 61.3 Å². The predicted octanol–water partition coefficient (Wildman–Crippen LogP) is 4.42. The molecular formula is C20H15FN2O3. The molecule has 5 nitrogen and oxygen atoms in total. The third-order valence-corrected chi connectivity index (χ3v) is 3.46. The highest BCUT2D eigenvalue weighted by atomic mass is 19.1. The number of nitrogens with zero attached hydrogens (tertiary/aromatic N) is 2. The molecule has 0 radical (unpaired) electrons. The Bertz CT molecular complexity index is 943. The van der Waals surface area contributed by atoms with E-state index in [1.165, 1.54) is 24.5 Å². The Kier molecular flexibility index (Phi) is 5.34. The molecule has 0 atom stereocenters. The van der Waals surface area contributed by atoms with Crippen molar-refractivity contribution in [1.82, 2.24) is 9.97 Å². The number of hydrogen-bond donors (Lipinski definition) is 0. The molecule has 0 saturated heterocycles. The van der Waals surface area contributed by atoms with Gasteiger partial charge >= 0.3 is 5.97 Å². The smallest absolute Gasteiger partial charge is 0.345 e. The van der Waals surface area contributed by atoms with Crippen LogP contribution in [-0.2, 0) is 4.79 Å². The van der Waals surface area contributed by atoms with Crippen LogP contribution in [0.5, 0.6) is 17.5 Å². The van der Waals surface area contributed by atoms with Gasteiger partial charge in [-0.3, -0.25) is 0 Å². The van der Waals surface area contributed by atoms with E-state index in [0.717, 1.165) is 5.56 Å². The van der Waals surface area contributed by atoms with Gasteiger partial charge in [-0.1, -0.05) is 48.5 Å². The Hall–Kier alpha value is -3.54. The quantitative estimate of drug-likeness (QED) is 0.504.